The normalized spacial score (nSPS) is 16.6. The van der Waals surface area contributed by atoms with Crippen LogP contribution >= 0.6 is 0 Å². The molecule has 1 amide bonds. The van der Waals surface area contributed by atoms with Crippen LogP contribution in [0.15, 0.2) is 29.3 Å². The number of ketones is 1. The monoisotopic (exact) mass is 475 g/mol. The lowest BCUT2D eigenvalue weighted by Crippen LogP contribution is -2.45. The first-order valence-electron chi connectivity index (χ1n) is 12.1. The minimum absolute atomic E-state index is 0.0311. The summed E-state index contributed by atoms with van der Waals surface area (Å²) in [5.74, 6) is 0.699. The molecule has 2 aliphatic rings. The second kappa shape index (κ2) is 9.44. The lowest BCUT2D eigenvalue weighted by atomic mass is 10.0. The van der Waals surface area contributed by atoms with Crippen molar-refractivity contribution in [1.29, 1.82) is 0 Å². The van der Waals surface area contributed by atoms with Gasteiger partial charge >= 0.3 is 0 Å². The van der Waals surface area contributed by atoms with E-state index in [0.29, 0.717) is 41.5 Å². The van der Waals surface area contributed by atoms with Gasteiger partial charge in [0.05, 0.1) is 17.4 Å². The highest BCUT2D eigenvalue weighted by Gasteiger charge is 2.26. The molecule has 0 spiro atoms. The average Bonchev–Trinajstić information content (AvgIpc) is 3.39. The molecule has 3 aromatic rings. The highest BCUT2D eigenvalue weighted by molar-refractivity contribution is 5.99. The minimum atomic E-state index is -0.267. The number of nitrogens with one attached hydrogen (secondary N) is 1. The third-order valence-corrected chi connectivity index (χ3v) is 7.07. The quantitative estimate of drug-likeness (QED) is 0.428. The van der Waals surface area contributed by atoms with Crippen molar-refractivity contribution in [2.24, 2.45) is 0 Å². The molecule has 1 saturated carbocycles. The zero-order chi connectivity index (χ0) is 24.5. The fraction of sp³-hybridized carbons (Fsp3) is 0.440. The molecule has 0 bridgehead atoms. The third-order valence-electron chi connectivity index (χ3n) is 7.07. The van der Waals surface area contributed by atoms with Crippen LogP contribution in [0.4, 0.5) is 17.5 Å². The van der Waals surface area contributed by atoms with E-state index in [9.17, 15) is 14.4 Å². The summed E-state index contributed by atoms with van der Waals surface area (Å²) in [6, 6.07) is 3.87. The van der Waals surface area contributed by atoms with Crippen LogP contribution in [0.3, 0.4) is 0 Å². The standard InChI is InChI=1S/C25H29N7O3/c1-16-20-14-27-25(28-21-8-7-19(13-26-21)31-11-9-30(15-33)10-12-31)29-23(20)32(18-5-3-4-6-18)24(35)22(16)17(2)34/h7-8,13-15,18H,3-6,9-12H2,1-2H3,(H,26,27,28,29). The molecular formula is C25H29N7O3. The van der Waals surface area contributed by atoms with Crippen LogP contribution in [0.5, 0.6) is 0 Å². The van der Waals surface area contributed by atoms with Gasteiger partial charge in [-0.05, 0) is 44.4 Å². The molecule has 10 nitrogen and oxygen atoms in total. The molecule has 1 saturated heterocycles. The first kappa shape index (κ1) is 22.9. The van der Waals surface area contributed by atoms with Gasteiger partial charge in [0.1, 0.15) is 11.5 Å². The van der Waals surface area contributed by atoms with Gasteiger partial charge in [-0.2, -0.15) is 4.98 Å². The highest BCUT2D eigenvalue weighted by Crippen LogP contribution is 2.32. The Labute approximate surface area is 203 Å². The van der Waals surface area contributed by atoms with Gasteiger partial charge in [-0.3, -0.25) is 19.0 Å². The first-order chi connectivity index (χ1) is 17.0. The van der Waals surface area contributed by atoms with Gasteiger partial charge in [-0.25, -0.2) is 9.97 Å². The molecule has 2 fully saturated rings. The van der Waals surface area contributed by atoms with E-state index in [2.05, 4.69) is 20.2 Å². The second-order valence-corrected chi connectivity index (χ2v) is 9.26. The number of piperazine rings is 1. The Morgan fingerprint density at radius 2 is 1.83 bits per heavy atom. The van der Waals surface area contributed by atoms with Crippen LogP contribution in [0.2, 0.25) is 0 Å². The second-order valence-electron chi connectivity index (χ2n) is 9.26. The summed E-state index contributed by atoms with van der Waals surface area (Å²) in [6.07, 6.45) is 8.26. The number of nitrogens with zero attached hydrogens (tertiary/aromatic N) is 6. The molecule has 0 aromatic carbocycles. The van der Waals surface area contributed by atoms with Crippen molar-refractivity contribution in [1.82, 2.24) is 24.4 Å². The Morgan fingerprint density at radius 1 is 1.09 bits per heavy atom. The van der Waals surface area contributed by atoms with E-state index in [0.717, 1.165) is 50.9 Å². The van der Waals surface area contributed by atoms with Crippen LogP contribution in [-0.2, 0) is 4.79 Å². The largest absolute Gasteiger partial charge is 0.367 e. The number of Topliss-reactive ketones (excluding diaryl/α,β-unsaturated/α-hetero) is 1. The molecule has 1 N–H and O–H groups in total. The summed E-state index contributed by atoms with van der Waals surface area (Å²) in [7, 11) is 0. The molecule has 0 radical (unpaired) electrons. The van der Waals surface area contributed by atoms with Crippen molar-refractivity contribution in [2.75, 3.05) is 36.4 Å². The van der Waals surface area contributed by atoms with Gasteiger partial charge in [-0.1, -0.05) is 12.8 Å². The number of pyridine rings is 2. The fourth-order valence-corrected chi connectivity index (χ4v) is 5.16. The summed E-state index contributed by atoms with van der Waals surface area (Å²) >= 11 is 0. The maximum absolute atomic E-state index is 13.4. The van der Waals surface area contributed by atoms with Crippen LogP contribution in [0.1, 0.15) is 54.6 Å². The van der Waals surface area contributed by atoms with Crippen molar-refractivity contribution in [3.05, 3.63) is 46.0 Å². The number of anilines is 3. The van der Waals surface area contributed by atoms with E-state index >= 15 is 0 Å². The lowest BCUT2D eigenvalue weighted by molar-refractivity contribution is -0.118. The summed E-state index contributed by atoms with van der Waals surface area (Å²) in [4.78, 5) is 54.2. The van der Waals surface area contributed by atoms with Gasteiger partial charge in [0.25, 0.3) is 5.56 Å². The zero-order valence-electron chi connectivity index (χ0n) is 20.0. The van der Waals surface area contributed by atoms with Crippen LogP contribution in [0, 0.1) is 6.92 Å². The zero-order valence-corrected chi connectivity index (χ0v) is 20.0. The Kier molecular flexibility index (Phi) is 6.19. The predicted molar refractivity (Wildman–Crippen MR) is 133 cm³/mol. The SMILES string of the molecule is CC(=O)c1c(C)c2cnc(Nc3ccc(N4CCN(C=O)CC4)cn3)nc2n(C2CCCC2)c1=O. The van der Waals surface area contributed by atoms with Crippen LogP contribution in [0.25, 0.3) is 11.0 Å². The van der Waals surface area contributed by atoms with Crippen LogP contribution < -0.4 is 15.8 Å². The highest BCUT2D eigenvalue weighted by atomic mass is 16.1. The molecule has 0 atom stereocenters. The Balaban J connectivity index is 1.45. The summed E-state index contributed by atoms with van der Waals surface area (Å²) in [5.41, 5.74) is 2.11. The predicted octanol–water partition coefficient (Wildman–Crippen LogP) is 2.83. The number of aromatic nitrogens is 4. The number of carbonyl (C=O) groups excluding carboxylic acids is 2. The third kappa shape index (κ3) is 4.36. The number of amides is 1. The molecule has 4 heterocycles. The number of hydrogen-bond acceptors (Lipinski definition) is 8. The maximum atomic E-state index is 13.4. The molecule has 1 aliphatic heterocycles. The van der Waals surface area contributed by atoms with E-state index in [1.54, 1.807) is 28.8 Å². The topological polar surface area (TPSA) is 113 Å². The molecule has 0 unspecified atom stereocenters. The molecule has 35 heavy (non-hydrogen) atoms. The van der Waals surface area contributed by atoms with Crippen molar-refractivity contribution < 1.29 is 9.59 Å². The van der Waals surface area contributed by atoms with Gasteiger partial charge in [0.2, 0.25) is 12.4 Å². The summed E-state index contributed by atoms with van der Waals surface area (Å²) < 4.78 is 1.70. The number of carbonyl (C=O) groups is 2. The minimum Gasteiger partial charge on any atom is -0.367 e. The Bertz CT molecular complexity index is 1320. The van der Waals surface area contributed by atoms with E-state index < -0.39 is 0 Å². The van der Waals surface area contributed by atoms with E-state index in [1.165, 1.54) is 6.92 Å². The van der Waals surface area contributed by atoms with E-state index in [-0.39, 0.29) is 22.9 Å². The Morgan fingerprint density at radius 3 is 2.46 bits per heavy atom. The summed E-state index contributed by atoms with van der Waals surface area (Å²) in [5, 5.41) is 3.86. The molecule has 5 rings (SSSR count). The summed E-state index contributed by atoms with van der Waals surface area (Å²) in [6.45, 7) is 6.14. The van der Waals surface area contributed by atoms with Gasteiger partial charge in [0, 0.05) is 43.8 Å². The maximum Gasteiger partial charge on any atom is 0.263 e. The molecule has 3 aromatic heterocycles. The van der Waals surface area contributed by atoms with Gasteiger partial charge in [0.15, 0.2) is 5.78 Å². The molecule has 10 heteroatoms. The van der Waals surface area contributed by atoms with Crippen molar-refractivity contribution >= 4 is 40.7 Å². The van der Waals surface area contributed by atoms with Crippen molar-refractivity contribution in [3.8, 4) is 0 Å². The molecule has 1 aliphatic carbocycles. The molecule has 182 valence electrons. The first-order valence-corrected chi connectivity index (χ1v) is 12.1. The molecular weight excluding hydrogens is 446 g/mol. The van der Waals surface area contributed by atoms with E-state index in [4.69, 9.17) is 4.98 Å². The average molecular weight is 476 g/mol. The number of aryl methyl sites for hydroxylation is 1. The van der Waals surface area contributed by atoms with Crippen molar-refractivity contribution in [3.63, 3.8) is 0 Å². The lowest BCUT2D eigenvalue weighted by Gasteiger charge is -2.33. The van der Waals surface area contributed by atoms with Crippen LogP contribution in [-0.4, -0.2) is 62.8 Å². The number of fused-ring (bicyclic) bond motifs is 1. The smallest absolute Gasteiger partial charge is 0.263 e. The van der Waals surface area contributed by atoms with E-state index in [1.807, 2.05) is 12.1 Å². The fourth-order valence-electron chi connectivity index (χ4n) is 5.16. The Hall–Kier alpha value is -3.82. The van der Waals surface area contributed by atoms with Crippen molar-refractivity contribution in [2.45, 2.75) is 45.6 Å². The number of rotatable bonds is 6. The van der Waals surface area contributed by atoms with Gasteiger partial charge < -0.3 is 15.1 Å². The van der Waals surface area contributed by atoms with Gasteiger partial charge in [-0.15, -0.1) is 0 Å². The number of hydrogen-bond donors (Lipinski definition) is 1.